The molecule has 0 radical (unpaired) electrons. The minimum atomic E-state index is -0.200. The van der Waals surface area contributed by atoms with Crippen molar-refractivity contribution in [2.45, 2.75) is 33.0 Å². The van der Waals surface area contributed by atoms with Gasteiger partial charge in [0.1, 0.15) is 17.5 Å². The average molecular weight is 463 g/mol. The summed E-state index contributed by atoms with van der Waals surface area (Å²) in [4.78, 5) is 12.6. The smallest absolute Gasteiger partial charge is 0.276 e. The number of aryl methyl sites for hydroxylation is 1. The third kappa shape index (κ3) is 3.94. The highest BCUT2D eigenvalue weighted by atomic mass is 35.5. The van der Waals surface area contributed by atoms with Crippen molar-refractivity contribution >= 4 is 33.4 Å². The predicted octanol–water partition coefficient (Wildman–Crippen LogP) is 6.27. The van der Waals surface area contributed by atoms with Crippen LogP contribution in [0.1, 0.15) is 36.9 Å². The molecular formula is C25H23ClN4O3. The highest BCUT2D eigenvalue weighted by molar-refractivity contribution is 6.30. The zero-order chi connectivity index (χ0) is 22.9. The Hall–Kier alpha value is -3.42. The van der Waals surface area contributed by atoms with Crippen LogP contribution in [-0.2, 0) is 17.8 Å². The monoisotopic (exact) mass is 462 g/mol. The van der Waals surface area contributed by atoms with Gasteiger partial charge in [0.2, 0.25) is 0 Å². The molecule has 0 aliphatic carbocycles. The van der Waals surface area contributed by atoms with E-state index in [2.05, 4.69) is 20.1 Å². The van der Waals surface area contributed by atoms with Crippen LogP contribution in [-0.4, -0.2) is 27.2 Å². The zero-order valence-corrected chi connectivity index (χ0v) is 19.3. The molecule has 3 heterocycles. The number of nitrogens with one attached hydrogen (secondary N) is 1. The Balaban J connectivity index is 1.69. The van der Waals surface area contributed by atoms with Crippen molar-refractivity contribution < 1.29 is 14.0 Å². The highest BCUT2D eigenvalue weighted by Crippen LogP contribution is 2.39. The van der Waals surface area contributed by atoms with E-state index >= 15 is 0 Å². The van der Waals surface area contributed by atoms with Gasteiger partial charge in [-0.2, -0.15) is 4.98 Å². The third-order valence-electron chi connectivity index (χ3n) is 5.62. The summed E-state index contributed by atoms with van der Waals surface area (Å²) in [6.45, 7) is 4.31. The first-order valence-electron chi connectivity index (χ1n) is 10.7. The molecule has 0 saturated carbocycles. The second kappa shape index (κ2) is 8.84. The van der Waals surface area contributed by atoms with E-state index in [4.69, 9.17) is 25.6 Å². The lowest BCUT2D eigenvalue weighted by Crippen LogP contribution is -2.03. The summed E-state index contributed by atoms with van der Waals surface area (Å²) in [7, 11) is 1.65. The first-order valence-corrected chi connectivity index (χ1v) is 11.1. The van der Waals surface area contributed by atoms with Gasteiger partial charge in [-0.05, 0) is 36.8 Å². The lowest BCUT2D eigenvalue weighted by Gasteiger charge is -2.17. The molecule has 0 aliphatic heterocycles. The molecular weight excluding hydrogens is 440 g/mol. The average Bonchev–Trinajstić information content (AvgIpc) is 3.44. The fourth-order valence-corrected chi connectivity index (χ4v) is 4.25. The molecule has 0 spiro atoms. The molecule has 33 heavy (non-hydrogen) atoms. The standard InChI is InChI=1S/C25H23ClN4O3/c1-4-21-29-25(33-30-21)24-17(13-31-3)22-19(12-27-24)28-18-9-6-10-20(23(18)22)32-14(2)15-7-5-8-16(26)11-15/h5-12,14,28H,4,13H2,1-3H3. The highest BCUT2D eigenvalue weighted by Gasteiger charge is 2.22. The first kappa shape index (κ1) is 21.4. The molecule has 2 aromatic carbocycles. The maximum absolute atomic E-state index is 6.44. The van der Waals surface area contributed by atoms with Crippen LogP contribution in [0.15, 0.2) is 53.2 Å². The van der Waals surface area contributed by atoms with Crippen LogP contribution in [0.2, 0.25) is 5.02 Å². The number of halogens is 1. The van der Waals surface area contributed by atoms with Gasteiger partial charge in [-0.1, -0.05) is 41.9 Å². The van der Waals surface area contributed by atoms with Gasteiger partial charge in [-0.3, -0.25) is 0 Å². The molecule has 1 N–H and O–H groups in total. The molecule has 5 rings (SSSR count). The fraction of sp³-hybridized carbons (Fsp3) is 0.240. The van der Waals surface area contributed by atoms with Crippen molar-refractivity contribution in [2.75, 3.05) is 7.11 Å². The molecule has 0 fully saturated rings. The van der Waals surface area contributed by atoms with Crippen molar-refractivity contribution in [3.63, 3.8) is 0 Å². The number of fused-ring (bicyclic) bond motifs is 3. The second-order valence-corrected chi connectivity index (χ2v) is 8.23. The minimum Gasteiger partial charge on any atom is -0.485 e. The zero-order valence-electron chi connectivity index (χ0n) is 18.6. The molecule has 3 aromatic heterocycles. The molecule has 0 aliphatic rings. The lowest BCUT2D eigenvalue weighted by atomic mass is 10.0. The van der Waals surface area contributed by atoms with Gasteiger partial charge in [-0.25, -0.2) is 4.98 Å². The fourth-order valence-electron chi connectivity index (χ4n) is 4.05. The third-order valence-corrected chi connectivity index (χ3v) is 5.86. The van der Waals surface area contributed by atoms with Gasteiger partial charge < -0.3 is 19.0 Å². The Morgan fingerprint density at radius 3 is 2.73 bits per heavy atom. The van der Waals surface area contributed by atoms with E-state index in [0.717, 1.165) is 38.7 Å². The molecule has 0 bridgehead atoms. The van der Waals surface area contributed by atoms with Gasteiger partial charge in [0.25, 0.3) is 5.89 Å². The van der Waals surface area contributed by atoms with Gasteiger partial charge in [-0.15, -0.1) is 0 Å². The van der Waals surface area contributed by atoms with Crippen molar-refractivity contribution in [1.29, 1.82) is 0 Å². The van der Waals surface area contributed by atoms with Crippen LogP contribution in [0.5, 0.6) is 5.75 Å². The quantitative estimate of drug-likeness (QED) is 0.307. The van der Waals surface area contributed by atoms with E-state index in [9.17, 15) is 0 Å². The summed E-state index contributed by atoms with van der Waals surface area (Å²) in [5, 5.41) is 6.62. The Morgan fingerprint density at radius 2 is 1.97 bits per heavy atom. The summed E-state index contributed by atoms with van der Waals surface area (Å²) in [6, 6.07) is 13.7. The van der Waals surface area contributed by atoms with E-state index in [1.165, 1.54) is 0 Å². The van der Waals surface area contributed by atoms with Gasteiger partial charge in [0.15, 0.2) is 5.82 Å². The number of ether oxygens (including phenoxy) is 2. The summed E-state index contributed by atoms with van der Waals surface area (Å²) in [5.41, 5.74) is 4.28. The maximum atomic E-state index is 6.44. The SMILES string of the molecule is CCc1noc(-c2ncc3[nH]c4cccc(OC(C)c5cccc(Cl)c5)c4c3c2COC)n1. The number of methoxy groups -OCH3 is 1. The Kier molecular flexibility index (Phi) is 5.74. The summed E-state index contributed by atoms with van der Waals surface area (Å²) >= 11 is 6.19. The maximum Gasteiger partial charge on any atom is 0.276 e. The van der Waals surface area contributed by atoms with Crippen LogP contribution in [0, 0.1) is 0 Å². The van der Waals surface area contributed by atoms with Crippen molar-refractivity contribution in [2.24, 2.45) is 0 Å². The topological polar surface area (TPSA) is 86.1 Å². The van der Waals surface area contributed by atoms with E-state index < -0.39 is 0 Å². The van der Waals surface area contributed by atoms with Crippen molar-refractivity contribution in [1.82, 2.24) is 20.1 Å². The largest absolute Gasteiger partial charge is 0.485 e. The summed E-state index contributed by atoms with van der Waals surface area (Å²) < 4.78 is 17.5. The molecule has 7 nitrogen and oxygen atoms in total. The number of aromatic nitrogens is 4. The number of rotatable bonds is 7. The van der Waals surface area contributed by atoms with E-state index in [1.54, 1.807) is 13.3 Å². The number of aromatic amines is 1. The normalized spacial score (nSPS) is 12.5. The Bertz CT molecular complexity index is 1440. The van der Waals surface area contributed by atoms with Crippen molar-refractivity contribution in [3.8, 4) is 17.3 Å². The molecule has 1 atom stereocenters. The molecule has 5 aromatic rings. The molecule has 1 unspecified atom stereocenters. The Morgan fingerprint density at radius 1 is 1.12 bits per heavy atom. The van der Waals surface area contributed by atoms with Crippen LogP contribution < -0.4 is 4.74 Å². The van der Waals surface area contributed by atoms with E-state index in [-0.39, 0.29) is 6.10 Å². The van der Waals surface area contributed by atoms with E-state index in [1.807, 2.05) is 56.3 Å². The summed E-state index contributed by atoms with van der Waals surface area (Å²) in [5.74, 6) is 1.76. The van der Waals surface area contributed by atoms with Crippen LogP contribution >= 0.6 is 11.6 Å². The number of hydrogen-bond donors (Lipinski definition) is 1. The Labute approximate surface area is 195 Å². The van der Waals surface area contributed by atoms with Gasteiger partial charge in [0, 0.05) is 34.9 Å². The number of pyridine rings is 1. The molecule has 0 amide bonds. The molecule has 168 valence electrons. The van der Waals surface area contributed by atoms with Crippen LogP contribution in [0.3, 0.4) is 0 Å². The van der Waals surface area contributed by atoms with Crippen molar-refractivity contribution in [3.05, 3.63) is 70.6 Å². The van der Waals surface area contributed by atoms with Crippen LogP contribution in [0.4, 0.5) is 0 Å². The number of nitrogens with zero attached hydrogens (tertiary/aromatic N) is 3. The second-order valence-electron chi connectivity index (χ2n) is 7.80. The summed E-state index contributed by atoms with van der Waals surface area (Å²) in [6.07, 6.45) is 2.26. The van der Waals surface area contributed by atoms with Gasteiger partial charge >= 0.3 is 0 Å². The number of benzene rings is 2. The minimum absolute atomic E-state index is 0.200. The van der Waals surface area contributed by atoms with E-state index in [0.29, 0.717) is 35.5 Å². The predicted molar refractivity (Wildman–Crippen MR) is 127 cm³/mol. The number of hydrogen-bond acceptors (Lipinski definition) is 6. The van der Waals surface area contributed by atoms with Gasteiger partial charge in [0.05, 0.1) is 23.8 Å². The number of H-pyrrole nitrogens is 1. The lowest BCUT2D eigenvalue weighted by molar-refractivity contribution is 0.186. The molecule has 0 saturated heterocycles. The van der Waals surface area contributed by atoms with Crippen LogP contribution in [0.25, 0.3) is 33.4 Å². The molecule has 8 heteroatoms. The first-order chi connectivity index (χ1) is 16.1.